The molecular weight excluding hydrogens is 283 g/mol. The lowest BCUT2D eigenvalue weighted by Crippen LogP contribution is -2.00. The van der Waals surface area contributed by atoms with Crippen molar-refractivity contribution >= 4 is 11.9 Å². The van der Waals surface area contributed by atoms with Crippen LogP contribution in [-0.4, -0.2) is 12.4 Å². The molecule has 0 amide bonds. The van der Waals surface area contributed by atoms with Crippen LogP contribution in [0.25, 0.3) is 6.08 Å². The van der Waals surface area contributed by atoms with Crippen molar-refractivity contribution in [2.45, 2.75) is 13.8 Å². The molecule has 22 heavy (non-hydrogen) atoms. The van der Waals surface area contributed by atoms with Gasteiger partial charge in [0.05, 0.1) is 12.2 Å². The molecule has 4 heteroatoms. The lowest BCUT2D eigenvalue weighted by molar-refractivity contribution is 0.101. The van der Waals surface area contributed by atoms with Gasteiger partial charge in [-0.05, 0) is 37.6 Å². The van der Waals surface area contributed by atoms with Crippen molar-refractivity contribution in [2.75, 3.05) is 6.61 Å². The zero-order valence-corrected chi connectivity index (χ0v) is 12.4. The van der Waals surface area contributed by atoms with E-state index in [1.807, 2.05) is 13.8 Å². The number of benzene rings is 2. The van der Waals surface area contributed by atoms with Gasteiger partial charge in [0.25, 0.3) is 0 Å². The second-order valence-electron chi connectivity index (χ2n) is 5.01. The van der Waals surface area contributed by atoms with Crippen LogP contribution in [0.4, 0.5) is 4.39 Å². The van der Waals surface area contributed by atoms with Crippen LogP contribution in [0.3, 0.4) is 0 Å². The third-order valence-electron chi connectivity index (χ3n) is 3.45. The fourth-order valence-electron chi connectivity index (χ4n) is 2.46. The number of carbonyl (C=O) groups is 1. The molecule has 0 N–H and O–H groups in total. The van der Waals surface area contributed by atoms with Crippen LogP contribution >= 0.6 is 0 Å². The zero-order valence-electron chi connectivity index (χ0n) is 12.4. The summed E-state index contributed by atoms with van der Waals surface area (Å²) in [5.74, 6) is 0.597. The van der Waals surface area contributed by atoms with E-state index in [9.17, 15) is 9.18 Å². The molecule has 0 radical (unpaired) electrons. The van der Waals surface area contributed by atoms with E-state index in [4.69, 9.17) is 9.47 Å². The Morgan fingerprint density at radius 1 is 1.27 bits per heavy atom. The molecule has 0 unspecified atom stereocenters. The number of hydrogen-bond donors (Lipinski definition) is 0. The van der Waals surface area contributed by atoms with Gasteiger partial charge < -0.3 is 9.47 Å². The molecule has 0 bridgehead atoms. The number of fused-ring (bicyclic) bond motifs is 1. The Labute approximate surface area is 128 Å². The molecule has 0 spiro atoms. The SMILES string of the molecule is CCOc1cc(C)c2c(c1)O/C(=C\c1ccccc1F)C2=O. The van der Waals surface area contributed by atoms with Gasteiger partial charge in [-0.3, -0.25) is 4.79 Å². The molecule has 2 aromatic carbocycles. The fraction of sp³-hybridized carbons (Fsp3) is 0.167. The molecule has 0 saturated heterocycles. The van der Waals surface area contributed by atoms with Gasteiger partial charge in [-0.15, -0.1) is 0 Å². The van der Waals surface area contributed by atoms with Crippen LogP contribution in [-0.2, 0) is 0 Å². The van der Waals surface area contributed by atoms with Crippen molar-refractivity contribution in [1.82, 2.24) is 0 Å². The van der Waals surface area contributed by atoms with Crippen LogP contribution in [0.2, 0.25) is 0 Å². The summed E-state index contributed by atoms with van der Waals surface area (Å²) < 4.78 is 24.8. The highest BCUT2D eigenvalue weighted by Gasteiger charge is 2.30. The molecule has 112 valence electrons. The van der Waals surface area contributed by atoms with Gasteiger partial charge in [-0.25, -0.2) is 4.39 Å². The van der Waals surface area contributed by atoms with E-state index in [1.165, 1.54) is 12.1 Å². The van der Waals surface area contributed by atoms with Crippen LogP contribution in [0.1, 0.15) is 28.4 Å². The number of rotatable bonds is 3. The highest BCUT2D eigenvalue weighted by Crippen LogP contribution is 2.37. The molecule has 3 rings (SSSR count). The van der Waals surface area contributed by atoms with Crippen LogP contribution in [0, 0.1) is 12.7 Å². The zero-order chi connectivity index (χ0) is 15.7. The first-order chi connectivity index (χ1) is 10.6. The summed E-state index contributed by atoms with van der Waals surface area (Å²) in [5, 5.41) is 0. The lowest BCUT2D eigenvalue weighted by Gasteiger charge is -2.06. The molecule has 2 aromatic rings. The van der Waals surface area contributed by atoms with E-state index in [1.54, 1.807) is 30.3 Å². The fourth-order valence-corrected chi connectivity index (χ4v) is 2.46. The van der Waals surface area contributed by atoms with Gasteiger partial charge in [0, 0.05) is 11.6 Å². The van der Waals surface area contributed by atoms with Gasteiger partial charge in [-0.1, -0.05) is 18.2 Å². The van der Waals surface area contributed by atoms with E-state index in [0.717, 1.165) is 5.56 Å². The summed E-state index contributed by atoms with van der Waals surface area (Å²) in [7, 11) is 0. The van der Waals surface area contributed by atoms with Crippen molar-refractivity contribution in [2.24, 2.45) is 0 Å². The van der Waals surface area contributed by atoms with Gasteiger partial charge in [-0.2, -0.15) is 0 Å². The number of allylic oxidation sites excluding steroid dienone is 1. The molecule has 3 nitrogen and oxygen atoms in total. The molecule has 1 aliphatic heterocycles. The summed E-state index contributed by atoms with van der Waals surface area (Å²) in [4.78, 5) is 12.4. The minimum Gasteiger partial charge on any atom is -0.494 e. The smallest absolute Gasteiger partial charge is 0.232 e. The second kappa shape index (κ2) is 5.64. The maximum Gasteiger partial charge on any atom is 0.232 e. The Kier molecular flexibility index (Phi) is 3.67. The van der Waals surface area contributed by atoms with Crippen LogP contribution in [0.15, 0.2) is 42.2 Å². The predicted molar refractivity (Wildman–Crippen MR) is 81.7 cm³/mol. The Hall–Kier alpha value is -2.62. The first-order valence-corrected chi connectivity index (χ1v) is 7.06. The summed E-state index contributed by atoms with van der Waals surface area (Å²) in [6, 6.07) is 9.74. The number of ether oxygens (including phenoxy) is 2. The summed E-state index contributed by atoms with van der Waals surface area (Å²) >= 11 is 0. The molecule has 1 heterocycles. The van der Waals surface area contributed by atoms with Crippen molar-refractivity contribution in [3.8, 4) is 11.5 Å². The minimum atomic E-state index is -0.394. The maximum absolute atomic E-state index is 13.7. The van der Waals surface area contributed by atoms with E-state index in [0.29, 0.717) is 29.2 Å². The van der Waals surface area contributed by atoms with E-state index in [2.05, 4.69) is 0 Å². The van der Waals surface area contributed by atoms with Crippen molar-refractivity contribution in [1.29, 1.82) is 0 Å². The standard InChI is InChI=1S/C18H15FO3/c1-3-21-13-8-11(2)17-15(10-13)22-16(18(17)20)9-12-6-4-5-7-14(12)19/h4-10H,3H2,1-2H3/b16-9-. The van der Waals surface area contributed by atoms with Gasteiger partial charge in [0.1, 0.15) is 17.3 Å². The second-order valence-corrected chi connectivity index (χ2v) is 5.01. The number of Topliss-reactive ketones (excluding diaryl/α,β-unsaturated/α-hetero) is 1. The average molecular weight is 298 g/mol. The predicted octanol–water partition coefficient (Wildman–Crippen LogP) is 4.15. The Balaban J connectivity index is 2.01. The molecule has 1 aliphatic rings. The van der Waals surface area contributed by atoms with E-state index < -0.39 is 5.82 Å². The summed E-state index contributed by atoms with van der Waals surface area (Å²) in [5.41, 5.74) is 1.61. The quantitative estimate of drug-likeness (QED) is 0.799. The van der Waals surface area contributed by atoms with Crippen LogP contribution < -0.4 is 9.47 Å². The number of ketones is 1. The monoisotopic (exact) mass is 298 g/mol. The topological polar surface area (TPSA) is 35.5 Å². The first kappa shape index (κ1) is 14.3. The largest absolute Gasteiger partial charge is 0.494 e. The molecule has 0 aliphatic carbocycles. The molecule has 0 fully saturated rings. The number of hydrogen-bond acceptors (Lipinski definition) is 3. The molecular formula is C18H15FO3. The minimum absolute atomic E-state index is 0.122. The van der Waals surface area contributed by atoms with Gasteiger partial charge >= 0.3 is 0 Å². The molecule has 0 aromatic heterocycles. The third-order valence-corrected chi connectivity index (χ3v) is 3.45. The Bertz CT molecular complexity index is 778. The van der Waals surface area contributed by atoms with Crippen molar-refractivity contribution in [3.05, 3.63) is 64.7 Å². The number of carbonyl (C=O) groups excluding carboxylic acids is 1. The number of aryl methyl sites for hydroxylation is 1. The highest BCUT2D eigenvalue weighted by atomic mass is 19.1. The molecule has 0 saturated carbocycles. The Morgan fingerprint density at radius 3 is 2.77 bits per heavy atom. The number of halogens is 1. The highest BCUT2D eigenvalue weighted by molar-refractivity contribution is 6.15. The van der Waals surface area contributed by atoms with Crippen molar-refractivity contribution < 1.29 is 18.7 Å². The van der Waals surface area contributed by atoms with Crippen LogP contribution in [0.5, 0.6) is 11.5 Å². The maximum atomic E-state index is 13.7. The molecule has 0 atom stereocenters. The Morgan fingerprint density at radius 2 is 2.05 bits per heavy atom. The summed E-state index contributed by atoms with van der Waals surface area (Å²) in [6.45, 7) is 4.25. The van der Waals surface area contributed by atoms with Crippen molar-refractivity contribution in [3.63, 3.8) is 0 Å². The average Bonchev–Trinajstić information content (AvgIpc) is 2.78. The van der Waals surface area contributed by atoms with E-state index >= 15 is 0 Å². The lowest BCUT2D eigenvalue weighted by atomic mass is 10.0. The van der Waals surface area contributed by atoms with E-state index in [-0.39, 0.29) is 11.5 Å². The normalized spacial score (nSPS) is 14.9. The third kappa shape index (κ3) is 2.48. The van der Waals surface area contributed by atoms with Gasteiger partial charge in [0.15, 0.2) is 5.76 Å². The first-order valence-electron chi connectivity index (χ1n) is 7.06. The van der Waals surface area contributed by atoms with Gasteiger partial charge in [0.2, 0.25) is 5.78 Å². The summed E-state index contributed by atoms with van der Waals surface area (Å²) in [6.07, 6.45) is 1.43.